The van der Waals surface area contributed by atoms with Crippen LogP contribution in [-0.2, 0) is 0 Å². The molecule has 1 aliphatic rings. The van der Waals surface area contributed by atoms with Gasteiger partial charge in [-0.2, -0.15) is 0 Å². The molecule has 1 saturated heterocycles. The molecule has 0 aromatic carbocycles. The van der Waals surface area contributed by atoms with Crippen LogP contribution in [0.25, 0.3) is 0 Å². The Bertz CT molecular complexity index is 490. The molecule has 1 aromatic heterocycles. The van der Waals surface area contributed by atoms with Crippen LogP contribution in [0.2, 0.25) is 0 Å². The fourth-order valence-electron chi connectivity index (χ4n) is 2.86. The lowest BCUT2D eigenvalue weighted by Gasteiger charge is -2.45. The van der Waals surface area contributed by atoms with Crippen molar-refractivity contribution in [1.29, 1.82) is 0 Å². The van der Waals surface area contributed by atoms with Crippen LogP contribution in [0.4, 0.5) is 5.82 Å². The van der Waals surface area contributed by atoms with E-state index in [0.29, 0.717) is 11.7 Å². The first-order chi connectivity index (χ1) is 9.48. The van der Waals surface area contributed by atoms with E-state index in [0.717, 1.165) is 25.9 Å². The number of aromatic carboxylic acids is 1. The van der Waals surface area contributed by atoms with E-state index in [4.69, 9.17) is 5.11 Å². The van der Waals surface area contributed by atoms with Gasteiger partial charge in [-0.05, 0) is 30.9 Å². The first-order valence-electron chi connectivity index (χ1n) is 7.05. The molecule has 0 aliphatic carbocycles. The highest BCUT2D eigenvalue weighted by Crippen LogP contribution is 2.37. The first kappa shape index (κ1) is 14.8. The van der Waals surface area contributed by atoms with Gasteiger partial charge in [0.15, 0.2) is 5.69 Å². The summed E-state index contributed by atoms with van der Waals surface area (Å²) >= 11 is 0. The van der Waals surface area contributed by atoms with E-state index in [1.54, 1.807) is 6.07 Å². The average molecular weight is 278 g/mol. The van der Waals surface area contributed by atoms with Crippen molar-refractivity contribution in [3.8, 4) is 0 Å². The number of hydrogen-bond acceptors (Lipinski definition) is 4. The van der Waals surface area contributed by atoms with E-state index < -0.39 is 5.97 Å². The Labute approximate surface area is 119 Å². The van der Waals surface area contributed by atoms with Crippen molar-refractivity contribution in [2.24, 2.45) is 11.3 Å². The second-order valence-corrected chi connectivity index (χ2v) is 5.89. The summed E-state index contributed by atoms with van der Waals surface area (Å²) in [4.78, 5) is 17.3. The van der Waals surface area contributed by atoms with Crippen LogP contribution in [0, 0.1) is 11.3 Å². The van der Waals surface area contributed by atoms with Gasteiger partial charge in [0.25, 0.3) is 0 Å². The number of rotatable bonds is 4. The lowest BCUT2D eigenvalue weighted by molar-refractivity contribution is 0.0597. The molecule has 0 amide bonds. The molecule has 0 radical (unpaired) electrons. The number of aliphatic hydroxyl groups excluding tert-OH is 1. The molecule has 1 unspecified atom stereocenters. The smallest absolute Gasteiger partial charge is 0.354 e. The number of carbonyl (C=O) groups is 1. The van der Waals surface area contributed by atoms with Crippen LogP contribution < -0.4 is 4.90 Å². The molecule has 1 fully saturated rings. The highest BCUT2D eigenvalue weighted by atomic mass is 16.4. The number of hydrogen-bond donors (Lipinski definition) is 2. The van der Waals surface area contributed by atoms with Crippen LogP contribution in [0.3, 0.4) is 0 Å². The Morgan fingerprint density at radius 2 is 2.25 bits per heavy atom. The fourth-order valence-corrected chi connectivity index (χ4v) is 2.86. The lowest BCUT2D eigenvalue weighted by Crippen LogP contribution is -2.48. The SMILES string of the molecule is CC(C)C1(CO)CCCN(c2cccc(C(=O)O)n2)C1. The third-order valence-corrected chi connectivity index (χ3v) is 4.43. The van der Waals surface area contributed by atoms with Gasteiger partial charge in [-0.25, -0.2) is 9.78 Å². The van der Waals surface area contributed by atoms with Crippen molar-refractivity contribution >= 4 is 11.8 Å². The van der Waals surface area contributed by atoms with Gasteiger partial charge in [0.05, 0.1) is 6.61 Å². The van der Waals surface area contributed by atoms with Crippen LogP contribution in [0.1, 0.15) is 37.2 Å². The Hall–Kier alpha value is -1.62. The summed E-state index contributed by atoms with van der Waals surface area (Å²) < 4.78 is 0. The minimum absolute atomic E-state index is 0.0622. The number of pyridine rings is 1. The molecule has 1 atom stereocenters. The number of carboxylic acid groups (broad SMARTS) is 1. The van der Waals surface area contributed by atoms with E-state index in [9.17, 15) is 9.90 Å². The maximum absolute atomic E-state index is 11.0. The van der Waals surface area contributed by atoms with Gasteiger partial charge in [-0.15, -0.1) is 0 Å². The summed E-state index contributed by atoms with van der Waals surface area (Å²) in [7, 11) is 0. The maximum atomic E-state index is 11.0. The van der Waals surface area contributed by atoms with Crippen LogP contribution in [0.5, 0.6) is 0 Å². The zero-order valence-corrected chi connectivity index (χ0v) is 12.0. The van der Waals surface area contributed by atoms with Gasteiger partial charge in [0.2, 0.25) is 0 Å². The minimum atomic E-state index is -1.01. The van der Waals surface area contributed by atoms with Crippen molar-refractivity contribution in [3.63, 3.8) is 0 Å². The van der Waals surface area contributed by atoms with Gasteiger partial charge in [0, 0.05) is 18.5 Å². The van der Waals surface area contributed by atoms with E-state index >= 15 is 0 Å². The maximum Gasteiger partial charge on any atom is 0.354 e. The number of nitrogens with zero attached hydrogens (tertiary/aromatic N) is 2. The van der Waals surface area contributed by atoms with Crippen LogP contribution >= 0.6 is 0 Å². The van der Waals surface area contributed by atoms with Crippen LogP contribution in [0.15, 0.2) is 18.2 Å². The second kappa shape index (κ2) is 5.79. The van der Waals surface area contributed by atoms with Crippen molar-refractivity contribution in [2.75, 3.05) is 24.6 Å². The summed E-state index contributed by atoms with van der Waals surface area (Å²) in [6.45, 7) is 5.98. The zero-order valence-electron chi connectivity index (χ0n) is 12.0. The van der Waals surface area contributed by atoms with Gasteiger partial charge < -0.3 is 15.1 Å². The molecule has 20 heavy (non-hydrogen) atoms. The molecular formula is C15H22N2O3. The number of aliphatic hydroxyl groups is 1. The normalized spacial score (nSPS) is 23.1. The highest BCUT2D eigenvalue weighted by molar-refractivity contribution is 5.85. The zero-order chi connectivity index (χ0) is 14.8. The average Bonchev–Trinajstić information content (AvgIpc) is 2.47. The predicted octanol–water partition coefficient (Wildman–Crippen LogP) is 2.01. The molecule has 0 bridgehead atoms. The van der Waals surface area contributed by atoms with Gasteiger partial charge in [-0.3, -0.25) is 0 Å². The third-order valence-electron chi connectivity index (χ3n) is 4.43. The number of aromatic nitrogens is 1. The Balaban J connectivity index is 2.24. The Morgan fingerprint density at radius 3 is 2.85 bits per heavy atom. The van der Waals surface area contributed by atoms with Crippen molar-refractivity contribution in [3.05, 3.63) is 23.9 Å². The third kappa shape index (κ3) is 2.77. The quantitative estimate of drug-likeness (QED) is 0.881. The molecule has 1 aromatic rings. The second-order valence-electron chi connectivity index (χ2n) is 5.89. The van der Waals surface area contributed by atoms with Crippen molar-refractivity contribution in [1.82, 2.24) is 4.98 Å². The molecular weight excluding hydrogens is 256 g/mol. The van der Waals surface area contributed by atoms with E-state index in [-0.39, 0.29) is 17.7 Å². The standard InChI is InChI=1S/C15H22N2O3/c1-11(2)15(10-18)7-4-8-17(9-15)13-6-3-5-12(16-13)14(19)20/h3,5-6,11,18H,4,7-10H2,1-2H3,(H,19,20). The lowest BCUT2D eigenvalue weighted by atomic mass is 9.72. The van der Waals surface area contributed by atoms with Gasteiger partial charge in [-0.1, -0.05) is 19.9 Å². The summed E-state index contributed by atoms with van der Waals surface area (Å²) in [5.41, 5.74) is -0.0636. The molecule has 2 rings (SSSR count). The molecule has 5 nitrogen and oxygen atoms in total. The molecule has 110 valence electrons. The molecule has 1 aliphatic heterocycles. The summed E-state index contributed by atoms with van der Waals surface area (Å²) in [5.74, 6) is 0.0437. The van der Waals surface area contributed by atoms with E-state index in [1.807, 2.05) is 6.07 Å². The largest absolute Gasteiger partial charge is 0.477 e. The Kier molecular flexibility index (Phi) is 4.28. The topological polar surface area (TPSA) is 73.7 Å². The van der Waals surface area contributed by atoms with E-state index in [1.165, 1.54) is 6.07 Å². The van der Waals surface area contributed by atoms with Gasteiger partial charge >= 0.3 is 5.97 Å². The van der Waals surface area contributed by atoms with Crippen molar-refractivity contribution in [2.45, 2.75) is 26.7 Å². The molecule has 2 heterocycles. The van der Waals surface area contributed by atoms with E-state index in [2.05, 4.69) is 23.7 Å². The predicted molar refractivity (Wildman–Crippen MR) is 77.0 cm³/mol. The molecule has 2 N–H and O–H groups in total. The molecule has 0 saturated carbocycles. The van der Waals surface area contributed by atoms with Gasteiger partial charge in [0.1, 0.15) is 5.82 Å². The number of carboxylic acids is 1. The molecule has 0 spiro atoms. The highest BCUT2D eigenvalue weighted by Gasteiger charge is 2.38. The van der Waals surface area contributed by atoms with Crippen molar-refractivity contribution < 1.29 is 15.0 Å². The first-order valence-corrected chi connectivity index (χ1v) is 7.05. The number of anilines is 1. The molecule has 5 heteroatoms. The summed E-state index contributed by atoms with van der Waals surface area (Å²) in [5, 5.41) is 18.8. The summed E-state index contributed by atoms with van der Waals surface area (Å²) in [6, 6.07) is 5.05. The summed E-state index contributed by atoms with van der Waals surface area (Å²) in [6.07, 6.45) is 1.98. The fraction of sp³-hybridized carbons (Fsp3) is 0.600. The van der Waals surface area contributed by atoms with Crippen LogP contribution in [-0.4, -0.2) is 40.9 Å². The minimum Gasteiger partial charge on any atom is -0.477 e. The Morgan fingerprint density at radius 1 is 1.50 bits per heavy atom. The monoisotopic (exact) mass is 278 g/mol. The number of piperidine rings is 1.